The molecule has 0 aliphatic rings. The highest BCUT2D eigenvalue weighted by atomic mass is 19.3. The smallest absolute Gasteiger partial charge is 0.358 e. The highest BCUT2D eigenvalue weighted by Gasteiger charge is 2.25. The number of aromatic nitrogens is 1. The summed E-state index contributed by atoms with van der Waals surface area (Å²) >= 11 is 0. The van der Waals surface area contributed by atoms with Crippen LogP contribution in [0.3, 0.4) is 0 Å². The van der Waals surface area contributed by atoms with E-state index in [0.29, 0.717) is 5.56 Å². The fourth-order valence-electron chi connectivity index (χ4n) is 1.18. The molecule has 0 spiro atoms. The Labute approximate surface area is 84.1 Å². The molecule has 0 saturated heterocycles. The number of nitrogens with two attached hydrogens (primary N) is 1. The molecule has 0 amide bonds. The van der Waals surface area contributed by atoms with Crippen molar-refractivity contribution in [2.45, 2.75) is 19.9 Å². The lowest BCUT2D eigenvalue weighted by Crippen LogP contribution is -2.08. The number of aryl methyl sites for hydroxylation is 1. The van der Waals surface area contributed by atoms with Crippen molar-refractivity contribution in [1.29, 1.82) is 0 Å². The molecular weight excluding hydrogens is 208 g/mol. The Kier molecular flexibility index (Phi) is 3.25. The van der Waals surface area contributed by atoms with Crippen LogP contribution in [-0.2, 0) is 6.54 Å². The first kappa shape index (κ1) is 11.4. The first-order valence-electron chi connectivity index (χ1n) is 4.10. The summed E-state index contributed by atoms with van der Waals surface area (Å²) in [6.45, 7) is 1.51. The summed E-state index contributed by atoms with van der Waals surface area (Å²) in [4.78, 5) is 13.1. The Hall–Kier alpha value is -1.63. The Morgan fingerprint density at radius 1 is 1.67 bits per heavy atom. The van der Waals surface area contributed by atoms with Crippen LogP contribution in [0.25, 0.3) is 0 Å². The van der Waals surface area contributed by atoms with Gasteiger partial charge >= 0.3 is 5.82 Å². The number of alkyl halides is 2. The van der Waals surface area contributed by atoms with E-state index in [1.165, 1.54) is 6.92 Å². The lowest BCUT2D eigenvalue weighted by Gasteiger charge is -2.04. The molecule has 0 atom stereocenters. The largest absolute Gasteiger partial charge is 0.372 e. The zero-order chi connectivity index (χ0) is 11.6. The summed E-state index contributed by atoms with van der Waals surface area (Å²) in [6.07, 6.45) is -2.91. The van der Waals surface area contributed by atoms with Crippen LogP contribution in [0.2, 0.25) is 0 Å². The summed E-state index contributed by atoms with van der Waals surface area (Å²) in [5.41, 5.74) is 5.29. The minimum atomic E-state index is -2.91. The highest BCUT2D eigenvalue weighted by molar-refractivity contribution is 5.39. The molecule has 1 rings (SSSR count). The molecule has 0 aliphatic carbocycles. The van der Waals surface area contributed by atoms with E-state index in [9.17, 15) is 18.9 Å². The second kappa shape index (κ2) is 4.26. The zero-order valence-electron chi connectivity index (χ0n) is 7.91. The quantitative estimate of drug-likeness (QED) is 0.617. The zero-order valence-corrected chi connectivity index (χ0v) is 7.91. The van der Waals surface area contributed by atoms with Crippen LogP contribution >= 0.6 is 0 Å². The van der Waals surface area contributed by atoms with Gasteiger partial charge < -0.3 is 15.8 Å². The first-order chi connectivity index (χ1) is 6.97. The molecular formula is C8H9F2N3O2. The molecule has 7 heteroatoms. The van der Waals surface area contributed by atoms with E-state index in [4.69, 9.17) is 5.73 Å². The summed E-state index contributed by atoms with van der Waals surface area (Å²) in [5, 5.41) is 10.5. The predicted molar refractivity (Wildman–Crippen MR) is 48.5 cm³/mol. The third-order valence-electron chi connectivity index (χ3n) is 1.93. The molecule has 1 aromatic heterocycles. The fraction of sp³-hybridized carbons (Fsp3) is 0.375. The van der Waals surface area contributed by atoms with E-state index in [1.54, 1.807) is 0 Å². The van der Waals surface area contributed by atoms with E-state index in [-0.39, 0.29) is 12.2 Å². The number of pyridine rings is 1. The van der Waals surface area contributed by atoms with Gasteiger partial charge in [0.2, 0.25) is 0 Å². The van der Waals surface area contributed by atoms with Crippen molar-refractivity contribution in [2.24, 2.45) is 5.73 Å². The monoisotopic (exact) mass is 217 g/mol. The molecule has 0 fully saturated rings. The summed E-state index contributed by atoms with van der Waals surface area (Å²) in [6, 6.07) is 1.05. The molecule has 0 saturated carbocycles. The molecule has 15 heavy (non-hydrogen) atoms. The van der Waals surface area contributed by atoms with Crippen LogP contribution in [0.15, 0.2) is 6.07 Å². The van der Waals surface area contributed by atoms with Gasteiger partial charge in [-0.25, -0.2) is 8.78 Å². The van der Waals surface area contributed by atoms with E-state index < -0.39 is 22.7 Å². The van der Waals surface area contributed by atoms with Gasteiger partial charge in [-0.3, -0.25) is 0 Å². The van der Waals surface area contributed by atoms with Gasteiger partial charge in [0.25, 0.3) is 6.43 Å². The molecule has 1 heterocycles. The second-order valence-corrected chi connectivity index (χ2v) is 2.93. The van der Waals surface area contributed by atoms with Crippen LogP contribution in [0.1, 0.15) is 23.2 Å². The van der Waals surface area contributed by atoms with Crippen LogP contribution in [0, 0.1) is 17.0 Å². The predicted octanol–water partition coefficient (Wildman–Crippen LogP) is 1.69. The molecule has 5 nitrogen and oxygen atoms in total. The lowest BCUT2D eigenvalue weighted by molar-refractivity contribution is -0.391. The molecule has 0 aromatic carbocycles. The van der Waals surface area contributed by atoms with Crippen LogP contribution < -0.4 is 5.73 Å². The average Bonchev–Trinajstić information content (AvgIpc) is 2.16. The summed E-state index contributed by atoms with van der Waals surface area (Å²) in [7, 11) is 0. The number of halogens is 2. The van der Waals surface area contributed by atoms with Crippen molar-refractivity contribution in [2.75, 3.05) is 0 Å². The van der Waals surface area contributed by atoms with Gasteiger partial charge in [-0.2, -0.15) is 0 Å². The fourth-order valence-corrected chi connectivity index (χ4v) is 1.18. The van der Waals surface area contributed by atoms with Gasteiger partial charge in [-0.05, 0) is 28.5 Å². The van der Waals surface area contributed by atoms with Crippen molar-refractivity contribution in [1.82, 2.24) is 4.98 Å². The van der Waals surface area contributed by atoms with Crippen LogP contribution in [0.5, 0.6) is 0 Å². The van der Waals surface area contributed by atoms with Gasteiger partial charge in [0.1, 0.15) is 5.56 Å². The first-order valence-corrected chi connectivity index (χ1v) is 4.10. The maximum Gasteiger partial charge on any atom is 0.372 e. The Balaban J connectivity index is 3.39. The van der Waals surface area contributed by atoms with E-state index in [1.807, 2.05) is 0 Å². The van der Waals surface area contributed by atoms with Crippen LogP contribution in [0.4, 0.5) is 14.6 Å². The Morgan fingerprint density at radius 3 is 2.67 bits per heavy atom. The Bertz CT molecular complexity index is 396. The molecule has 2 N–H and O–H groups in total. The number of hydrogen-bond donors (Lipinski definition) is 1. The Morgan fingerprint density at radius 2 is 2.27 bits per heavy atom. The normalized spacial score (nSPS) is 10.7. The van der Waals surface area contributed by atoms with E-state index in [2.05, 4.69) is 4.98 Å². The molecule has 0 unspecified atom stereocenters. The maximum absolute atomic E-state index is 12.4. The van der Waals surface area contributed by atoms with Gasteiger partial charge in [0.05, 0.1) is 6.54 Å². The molecule has 1 aromatic rings. The van der Waals surface area contributed by atoms with Gasteiger partial charge in [0, 0.05) is 0 Å². The van der Waals surface area contributed by atoms with Crippen molar-refractivity contribution in [3.8, 4) is 0 Å². The average molecular weight is 217 g/mol. The highest BCUT2D eigenvalue weighted by Crippen LogP contribution is 2.28. The van der Waals surface area contributed by atoms with Gasteiger partial charge in [0.15, 0.2) is 5.69 Å². The van der Waals surface area contributed by atoms with E-state index >= 15 is 0 Å². The third-order valence-corrected chi connectivity index (χ3v) is 1.93. The third kappa shape index (κ3) is 2.24. The van der Waals surface area contributed by atoms with Crippen molar-refractivity contribution >= 4 is 5.82 Å². The minimum Gasteiger partial charge on any atom is -0.358 e. The van der Waals surface area contributed by atoms with Crippen molar-refractivity contribution in [3.05, 3.63) is 33.0 Å². The SMILES string of the molecule is Cc1cc(C(F)F)c([N+](=O)[O-])nc1CN. The van der Waals surface area contributed by atoms with Gasteiger partial charge in [-0.1, -0.05) is 0 Å². The number of rotatable bonds is 3. The van der Waals surface area contributed by atoms with Crippen LogP contribution in [-0.4, -0.2) is 9.91 Å². The second-order valence-electron chi connectivity index (χ2n) is 2.93. The van der Waals surface area contributed by atoms with Gasteiger partial charge in [-0.15, -0.1) is 0 Å². The topological polar surface area (TPSA) is 82.0 Å². The maximum atomic E-state index is 12.4. The molecule has 0 aliphatic heterocycles. The number of hydrogen-bond acceptors (Lipinski definition) is 4. The molecule has 0 radical (unpaired) electrons. The number of nitro groups is 1. The summed E-state index contributed by atoms with van der Waals surface area (Å²) in [5.74, 6) is -0.823. The van der Waals surface area contributed by atoms with E-state index in [0.717, 1.165) is 6.07 Å². The van der Waals surface area contributed by atoms with Crippen molar-refractivity contribution < 1.29 is 13.7 Å². The lowest BCUT2D eigenvalue weighted by atomic mass is 10.1. The summed E-state index contributed by atoms with van der Waals surface area (Å²) < 4.78 is 24.9. The number of nitrogens with zero attached hydrogens (tertiary/aromatic N) is 2. The molecule has 82 valence electrons. The van der Waals surface area contributed by atoms with Crippen molar-refractivity contribution in [3.63, 3.8) is 0 Å². The minimum absolute atomic E-state index is 0.0177. The standard InChI is InChI=1S/C8H9F2N3O2/c1-4-2-5(7(9)10)8(13(14)15)12-6(4)3-11/h2,7H,3,11H2,1H3. The molecule has 0 bridgehead atoms.